The lowest BCUT2D eigenvalue weighted by atomic mass is 9.95. The summed E-state index contributed by atoms with van der Waals surface area (Å²) in [5.74, 6) is 0.0139. The number of likely N-dealkylation sites (tertiary alicyclic amines) is 1. The number of phenolic OH excluding ortho intramolecular Hbond substituents is 1. The van der Waals surface area contributed by atoms with E-state index in [1.807, 2.05) is 26.8 Å². The molecule has 2 heterocycles. The quantitative estimate of drug-likeness (QED) is 0.641. The Hall–Kier alpha value is -2.34. The zero-order valence-corrected chi connectivity index (χ0v) is 16.2. The van der Waals surface area contributed by atoms with Crippen molar-refractivity contribution in [2.24, 2.45) is 5.92 Å². The number of hydrogen-bond acceptors (Lipinski definition) is 6. The Kier molecular flexibility index (Phi) is 5.85. The van der Waals surface area contributed by atoms with Gasteiger partial charge in [-0.1, -0.05) is 6.92 Å². The van der Waals surface area contributed by atoms with Gasteiger partial charge < -0.3 is 14.3 Å². The first kappa shape index (κ1) is 19.4. The van der Waals surface area contributed by atoms with Crippen LogP contribution < -0.4 is 5.63 Å². The van der Waals surface area contributed by atoms with Crippen LogP contribution in [-0.4, -0.2) is 35.7 Å². The number of nitrogens with zero attached hydrogens (tertiary/aromatic N) is 1. The van der Waals surface area contributed by atoms with Crippen molar-refractivity contribution in [3.05, 3.63) is 39.2 Å². The van der Waals surface area contributed by atoms with E-state index in [4.69, 9.17) is 9.15 Å². The molecule has 1 N–H and O–H groups in total. The molecule has 1 aromatic carbocycles. The van der Waals surface area contributed by atoms with Gasteiger partial charge in [0.2, 0.25) is 0 Å². The standard InChI is InChI=1S/C21H27NO5/c1-4-14-11-16-13(3)10-18(23)27-20(16)17(19(14)24)12-22-8-6-15(7-9-22)21(25)26-5-2/h10-11,15,24H,4-9,12H2,1-3H3. The molecule has 0 saturated carbocycles. The van der Waals surface area contributed by atoms with Gasteiger partial charge in [-0.15, -0.1) is 0 Å². The van der Waals surface area contributed by atoms with Crippen LogP contribution >= 0.6 is 0 Å². The largest absolute Gasteiger partial charge is 0.507 e. The van der Waals surface area contributed by atoms with Gasteiger partial charge in [0, 0.05) is 18.0 Å². The zero-order chi connectivity index (χ0) is 19.6. The van der Waals surface area contributed by atoms with Gasteiger partial charge in [0.1, 0.15) is 11.3 Å². The summed E-state index contributed by atoms with van der Waals surface area (Å²) in [6.45, 7) is 8.04. The summed E-state index contributed by atoms with van der Waals surface area (Å²) in [5, 5.41) is 11.6. The number of fused-ring (bicyclic) bond motifs is 1. The SMILES string of the molecule is CCOC(=O)C1CCN(Cc2c(O)c(CC)cc3c(C)cc(=O)oc23)CC1. The van der Waals surface area contributed by atoms with Crippen LogP contribution in [0, 0.1) is 12.8 Å². The maximum atomic E-state index is 11.9. The van der Waals surface area contributed by atoms with E-state index in [0.717, 1.165) is 42.4 Å². The number of aryl methyl sites for hydroxylation is 2. The fourth-order valence-corrected chi connectivity index (χ4v) is 3.79. The number of phenols is 1. The smallest absolute Gasteiger partial charge is 0.336 e. The minimum atomic E-state index is -0.411. The molecule has 6 nitrogen and oxygen atoms in total. The maximum Gasteiger partial charge on any atom is 0.336 e. The molecule has 2 aromatic rings. The van der Waals surface area contributed by atoms with Gasteiger partial charge in [-0.25, -0.2) is 4.79 Å². The third-order valence-electron chi connectivity index (χ3n) is 5.36. The van der Waals surface area contributed by atoms with Crippen molar-refractivity contribution in [3.63, 3.8) is 0 Å². The van der Waals surface area contributed by atoms with Crippen molar-refractivity contribution in [3.8, 4) is 5.75 Å². The molecule has 0 amide bonds. The van der Waals surface area contributed by atoms with Crippen LogP contribution in [0.3, 0.4) is 0 Å². The van der Waals surface area contributed by atoms with Crippen LogP contribution in [-0.2, 0) is 22.5 Å². The van der Waals surface area contributed by atoms with Gasteiger partial charge in [0.15, 0.2) is 0 Å². The number of carbonyl (C=O) groups is 1. The number of benzene rings is 1. The van der Waals surface area contributed by atoms with Crippen molar-refractivity contribution in [1.29, 1.82) is 0 Å². The molecule has 1 aromatic heterocycles. The summed E-state index contributed by atoms with van der Waals surface area (Å²) in [6.07, 6.45) is 2.15. The normalized spacial score (nSPS) is 16.0. The molecule has 0 aliphatic carbocycles. The second-order valence-electron chi connectivity index (χ2n) is 7.14. The Morgan fingerprint density at radius 2 is 2.00 bits per heavy atom. The van der Waals surface area contributed by atoms with Gasteiger partial charge in [0.05, 0.1) is 18.1 Å². The Labute approximate surface area is 158 Å². The second kappa shape index (κ2) is 8.13. The number of rotatable bonds is 5. The first-order valence-corrected chi connectivity index (χ1v) is 9.61. The van der Waals surface area contributed by atoms with Gasteiger partial charge in [-0.05, 0) is 63.4 Å². The highest BCUT2D eigenvalue weighted by atomic mass is 16.5. The monoisotopic (exact) mass is 373 g/mol. The van der Waals surface area contributed by atoms with Gasteiger partial charge in [-0.2, -0.15) is 0 Å². The summed E-state index contributed by atoms with van der Waals surface area (Å²) in [4.78, 5) is 26.0. The summed E-state index contributed by atoms with van der Waals surface area (Å²) < 4.78 is 10.6. The first-order chi connectivity index (χ1) is 12.9. The van der Waals surface area contributed by atoms with Crippen molar-refractivity contribution < 1.29 is 19.1 Å². The van der Waals surface area contributed by atoms with Crippen molar-refractivity contribution in [2.45, 2.75) is 46.6 Å². The zero-order valence-electron chi connectivity index (χ0n) is 16.2. The molecule has 146 valence electrons. The summed E-state index contributed by atoms with van der Waals surface area (Å²) in [5.41, 5.74) is 2.39. The summed E-state index contributed by atoms with van der Waals surface area (Å²) in [6, 6.07) is 3.38. The Morgan fingerprint density at radius 1 is 1.30 bits per heavy atom. The average Bonchev–Trinajstić information content (AvgIpc) is 2.65. The highest BCUT2D eigenvalue weighted by Gasteiger charge is 2.27. The van der Waals surface area contributed by atoms with Crippen molar-refractivity contribution in [2.75, 3.05) is 19.7 Å². The van der Waals surface area contributed by atoms with E-state index in [1.54, 1.807) is 0 Å². The van der Waals surface area contributed by atoms with Gasteiger partial charge in [0.25, 0.3) is 0 Å². The number of aromatic hydroxyl groups is 1. The van der Waals surface area contributed by atoms with E-state index < -0.39 is 5.63 Å². The molecule has 1 aliphatic heterocycles. The van der Waals surface area contributed by atoms with Gasteiger partial charge in [-0.3, -0.25) is 9.69 Å². The molecule has 0 unspecified atom stereocenters. The number of esters is 1. The highest BCUT2D eigenvalue weighted by molar-refractivity contribution is 5.86. The van der Waals surface area contributed by atoms with Crippen LogP contribution in [0.25, 0.3) is 11.0 Å². The molecule has 0 atom stereocenters. The highest BCUT2D eigenvalue weighted by Crippen LogP contribution is 2.34. The van der Waals surface area contributed by atoms with E-state index in [1.165, 1.54) is 6.07 Å². The fraction of sp³-hybridized carbons (Fsp3) is 0.524. The predicted molar refractivity (Wildman–Crippen MR) is 103 cm³/mol. The van der Waals surface area contributed by atoms with Gasteiger partial charge >= 0.3 is 11.6 Å². The number of ether oxygens (including phenoxy) is 1. The molecule has 0 spiro atoms. The summed E-state index contributed by atoms with van der Waals surface area (Å²) in [7, 11) is 0. The third kappa shape index (κ3) is 4.00. The van der Waals surface area contributed by atoms with Crippen LogP contribution in [0.1, 0.15) is 43.4 Å². The topological polar surface area (TPSA) is 80.0 Å². The lowest BCUT2D eigenvalue weighted by Gasteiger charge is -2.31. The average molecular weight is 373 g/mol. The predicted octanol–water partition coefficient (Wildman–Crippen LogP) is 3.14. The number of piperidine rings is 1. The molecular formula is C21H27NO5. The van der Waals surface area contributed by atoms with E-state index in [-0.39, 0.29) is 17.6 Å². The second-order valence-corrected chi connectivity index (χ2v) is 7.14. The van der Waals surface area contributed by atoms with Crippen LogP contribution in [0.15, 0.2) is 21.3 Å². The van der Waals surface area contributed by atoms with Crippen LogP contribution in [0.4, 0.5) is 0 Å². The Bertz CT molecular complexity index is 894. The lowest BCUT2D eigenvalue weighted by Crippen LogP contribution is -2.36. The molecule has 0 bridgehead atoms. The molecule has 1 fully saturated rings. The Balaban J connectivity index is 1.88. The molecule has 6 heteroatoms. The minimum absolute atomic E-state index is 0.0614. The molecule has 27 heavy (non-hydrogen) atoms. The van der Waals surface area contributed by atoms with E-state index in [0.29, 0.717) is 30.7 Å². The van der Waals surface area contributed by atoms with E-state index in [9.17, 15) is 14.7 Å². The van der Waals surface area contributed by atoms with Crippen molar-refractivity contribution >= 4 is 16.9 Å². The van der Waals surface area contributed by atoms with Crippen molar-refractivity contribution in [1.82, 2.24) is 4.90 Å². The molecular weight excluding hydrogens is 346 g/mol. The molecule has 0 radical (unpaired) electrons. The van der Waals surface area contributed by atoms with E-state index in [2.05, 4.69) is 4.90 Å². The van der Waals surface area contributed by atoms with Crippen LogP contribution in [0.5, 0.6) is 5.75 Å². The van der Waals surface area contributed by atoms with Crippen LogP contribution in [0.2, 0.25) is 0 Å². The third-order valence-corrected chi connectivity index (χ3v) is 5.36. The maximum absolute atomic E-state index is 11.9. The summed E-state index contributed by atoms with van der Waals surface area (Å²) >= 11 is 0. The first-order valence-electron chi connectivity index (χ1n) is 9.61. The molecule has 1 saturated heterocycles. The molecule has 3 rings (SSSR count). The number of carbonyl (C=O) groups excluding carboxylic acids is 1. The lowest BCUT2D eigenvalue weighted by molar-refractivity contribution is -0.149. The Morgan fingerprint density at radius 3 is 2.63 bits per heavy atom. The number of hydrogen-bond donors (Lipinski definition) is 1. The minimum Gasteiger partial charge on any atom is -0.507 e. The fourth-order valence-electron chi connectivity index (χ4n) is 3.79. The van der Waals surface area contributed by atoms with E-state index >= 15 is 0 Å². The molecule has 1 aliphatic rings.